The second-order valence-corrected chi connectivity index (χ2v) is 5.42. The summed E-state index contributed by atoms with van der Waals surface area (Å²) in [5, 5.41) is 2.92. The Balaban J connectivity index is 2.15. The molecule has 0 aromatic carbocycles. The van der Waals surface area contributed by atoms with Crippen LogP contribution in [0, 0.1) is 0 Å². The van der Waals surface area contributed by atoms with Gasteiger partial charge in [0.2, 0.25) is 5.91 Å². The van der Waals surface area contributed by atoms with E-state index in [1.807, 2.05) is 25.1 Å². The first kappa shape index (κ1) is 14.9. The Morgan fingerprint density at radius 2 is 2.35 bits per heavy atom. The van der Waals surface area contributed by atoms with Gasteiger partial charge >= 0.3 is 0 Å². The maximum atomic E-state index is 12.1. The van der Waals surface area contributed by atoms with E-state index in [-0.39, 0.29) is 11.9 Å². The second-order valence-electron chi connectivity index (χ2n) is 5.42. The summed E-state index contributed by atoms with van der Waals surface area (Å²) in [4.78, 5) is 25.1. The lowest BCUT2D eigenvalue weighted by Gasteiger charge is -2.24. The standard InChI is InChI=1S/C14H23N5O/c1-15-9-13(20)19-8-4-5-12(19)14-16-7-6-11(17-14)10-18(2)3/h6-7,12,15H,4-5,8-10H2,1-3H3/t12-/m1/s1. The minimum absolute atomic E-state index is 0.0259. The fraction of sp³-hybridized carbons (Fsp3) is 0.643. The first-order valence-electron chi connectivity index (χ1n) is 7.02. The molecule has 6 heteroatoms. The fourth-order valence-corrected chi connectivity index (χ4v) is 2.57. The molecular formula is C14H23N5O. The van der Waals surface area contributed by atoms with Gasteiger partial charge in [-0.1, -0.05) is 0 Å². The first-order chi connectivity index (χ1) is 9.61. The van der Waals surface area contributed by atoms with E-state index in [1.54, 1.807) is 13.2 Å². The summed E-state index contributed by atoms with van der Waals surface area (Å²) >= 11 is 0. The minimum atomic E-state index is 0.0259. The smallest absolute Gasteiger partial charge is 0.237 e. The Hall–Kier alpha value is -1.53. The van der Waals surface area contributed by atoms with Crippen LogP contribution in [0.3, 0.4) is 0 Å². The number of hydrogen-bond acceptors (Lipinski definition) is 5. The molecule has 1 atom stereocenters. The van der Waals surface area contributed by atoms with Crippen molar-refractivity contribution < 1.29 is 4.79 Å². The third-order valence-corrected chi connectivity index (χ3v) is 3.41. The van der Waals surface area contributed by atoms with E-state index in [9.17, 15) is 4.79 Å². The summed E-state index contributed by atoms with van der Waals surface area (Å²) in [6.45, 7) is 1.95. The van der Waals surface area contributed by atoms with E-state index >= 15 is 0 Å². The summed E-state index contributed by atoms with van der Waals surface area (Å²) in [6, 6.07) is 1.95. The monoisotopic (exact) mass is 277 g/mol. The topological polar surface area (TPSA) is 61.4 Å². The van der Waals surface area contributed by atoms with Crippen LogP contribution in [0.25, 0.3) is 0 Å². The van der Waals surface area contributed by atoms with Gasteiger partial charge in [0.25, 0.3) is 0 Å². The molecule has 0 radical (unpaired) electrons. The van der Waals surface area contributed by atoms with Crippen LogP contribution in [0.5, 0.6) is 0 Å². The highest BCUT2D eigenvalue weighted by atomic mass is 16.2. The number of likely N-dealkylation sites (N-methyl/N-ethyl adjacent to an activating group) is 1. The zero-order valence-electron chi connectivity index (χ0n) is 12.5. The van der Waals surface area contributed by atoms with Crippen LogP contribution in [0.15, 0.2) is 12.3 Å². The first-order valence-corrected chi connectivity index (χ1v) is 7.02. The van der Waals surface area contributed by atoms with Gasteiger partial charge < -0.3 is 15.1 Å². The molecule has 1 aromatic rings. The van der Waals surface area contributed by atoms with Gasteiger partial charge in [-0.3, -0.25) is 4.79 Å². The number of rotatable bonds is 5. The van der Waals surface area contributed by atoms with Crippen molar-refractivity contribution in [2.75, 3.05) is 34.2 Å². The third-order valence-electron chi connectivity index (χ3n) is 3.41. The molecule has 2 heterocycles. The molecule has 1 aliphatic heterocycles. The summed E-state index contributed by atoms with van der Waals surface area (Å²) in [7, 11) is 5.82. The molecule has 0 unspecified atom stereocenters. The Labute approximate surface area is 120 Å². The minimum Gasteiger partial charge on any atom is -0.331 e. The van der Waals surface area contributed by atoms with Gasteiger partial charge in [-0.15, -0.1) is 0 Å². The number of nitrogens with one attached hydrogen (secondary N) is 1. The average Bonchev–Trinajstić information content (AvgIpc) is 2.87. The van der Waals surface area contributed by atoms with E-state index in [2.05, 4.69) is 20.2 Å². The second kappa shape index (κ2) is 6.76. The number of nitrogens with zero attached hydrogens (tertiary/aromatic N) is 4. The van der Waals surface area contributed by atoms with Crippen LogP contribution in [-0.4, -0.2) is 59.9 Å². The summed E-state index contributed by atoms with van der Waals surface area (Å²) in [5.41, 5.74) is 0.993. The molecule has 0 bridgehead atoms. The Kier molecular flexibility index (Phi) is 5.03. The summed E-state index contributed by atoms with van der Waals surface area (Å²) in [5.74, 6) is 0.892. The van der Waals surface area contributed by atoms with Crippen LogP contribution in [0.1, 0.15) is 30.4 Å². The number of aromatic nitrogens is 2. The number of likely N-dealkylation sites (tertiary alicyclic amines) is 1. The van der Waals surface area contributed by atoms with E-state index in [4.69, 9.17) is 0 Å². The lowest BCUT2D eigenvalue weighted by atomic mass is 10.2. The molecule has 0 aliphatic carbocycles. The molecule has 1 aliphatic rings. The molecule has 1 N–H and O–H groups in total. The molecular weight excluding hydrogens is 254 g/mol. The van der Waals surface area contributed by atoms with E-state index < -0.39 is 0 Å². The van der Waals surface area contributed by atoms with E-state index in [1.165, 1.54) is 0 Å². The largest absolute Gasteiger partial charge is 0.331 e. The molecule has 1 aromatic heterocycles. The van der Waals surface area contributed by atoms with Crippen LogP contribution < -0.4 is 5.32 Å². The predicted molar refractivity (Wildman–Crippen MR) is 77.0 cm³/mol. The number of hydrogen-bond donors (Lipinski definition) is 1. The Morgan fingerprint density at radius 3 is 3.05 bits per heavy atom. The normalized spacial score (nSPS) is 18.8. The molecule has 1 fully saturated rings. The van der Waals surface area contributed by atoms with Crippen LogP contribution >= 0.6 is 0 Å². The number of amides is 1. The summed E-state index contributed by atoms with van der Waals surface area (Å²) < 4.78 is 0. The molecule has 20 heavy (non-hydrogen) atoms. The zero-order valence-corrected chi connectivity index (χ0v) is 12.5. The molecule has 1 amide bonds. The molecule has 0 spiro atoms. The highest BCUT2D eigenvalue weighted by molar-refractivity contribution is 5.78. The fourth-order valence-electron chi connectivity index (χ4n) is 2.57. The van der Waals surface area contributed by atoms with Crippen LogP contribution in [-0.2, 0) is 11.3 Å². The van der Waals surface area contributed by atoms with Crippen molar-refractivity contribution in [3.63, 3.8) is 0 Å². The molecule has 6 nitrogen and oxygen atoms in total. The number of carbonyl (C=O) groups excluding carboxylic acids is 1. The van der Waals surface area contributed by atoms with Gasteiger partial charge in [-0.2, -0.15) is 0 Å². The quantitative estimate of drug-likeness (QED) is 0.845. The Bertz CT molecular complexity index is 463. The van der Waals surface area contributed by atoms with Crippen molar-refractivity contribution in [2.24, 2.45) is 0 Å². The van der Waals surface area contributed by atoms with E-state index in [0.717, 1.165) is 37.4 Å². The van der Waals surface area contributed by atoms with Crippen molar-refractivity contribution in [3.8, 4) is 0 Å². The lowest BCUT2D eigenvalue weighted by molar-refractivity contribution is -0.131. The average molecular weight is 277 g/mol. The third kappa shape index (κ3) is 3.52. The molecule has 2 rings (SSSR count). The maximum absolute atomic E-state index is 12.1. The van der Waals surface area contributed by atoms with Crippen molar-refractivity contribution >= 4 is 5.91 Å². The highest BCUT2D eigenvalue weighted by Gasteiger charge is 2.31. The molecule has 0 saturated carbocycles. The SMILES string of the molecule is CNCC(=O)N1CCC[C@@H]1c1nccc(CN(C)C)n1. The van der Waals surface area contributed by atoms with Gasteiger partial charge in [0.15, 0.2) is 5.82 Å². The zero-order chi connectivity index (χ0) is 14.5. The van der Waals surface area contributed by atoms with Crippen LogP contribution in [0.2, 0.25) is 0 Å². The molecule has 1 saturated heterocycles. The van der Waals surface area contributed by atoms with Crippen molar-refractivity contribution in [1.29, 1.82) is 0 Å². The van der Waals surface area contributed by atoms with Gasteiger partial charge in [-0.05, 0) is 40.1 Å². The van der Waals surface area contributed by atoms with E-state index in [0.29, 0.717) is 6.54 Å². The summed E-state index contributed by atoms with van der Waals surface area (Å²) in [6.07, 6.45) is 3.75. The highest BCUT2D eigenvalue weighted by Crippen LogP contribution is 2.29. The number of carbonyl (C=O) groups is 1. The predicted octanol–water partition coefficient (Wildman–Crippen LogP) is 0.421. The Morgan fingerprint density at radius 1 is 1.55 bits per heavy atom. The maximum Gasteiger partial charge on any atom is 0.237 e. The lowest BCUT2D eigenvalue weighted by Crippen LogP contribution is -2.37. The van der Waals surface area contributed by atoms with Gasteiger partial charge in [0.1, 0.15) is 0 Å². The van der Waals surface area contributed by atoms with Crippen molar-refractivity contribution in [1.82, 2.24) is 25.1 Å². The van der Waals surface area contributed by atoms with Gasteiger partial charge in [0.05, 0.1) is 18.3 Å². The van der Waals surface area contributed by atoms with Gasteiger partial charge in [-0.25, -0.2) is 9.97 Å². The van der Waals surface area contributed by atoms with Crippen molar-refractivity contribution in [2.45, 2.75) is 25.4 Å². The van der Waals surface area contributed by atoms with Gasteiger partial charge in [0, 0.05) is 19.3 Å². The van der Waals surface area contributed by atoms with Crippen molar-refractivity contribution in [3.05, 3.63) is 23.8 Å². The van der Waals surface area contributed by atoms with Crippen LogP contribution in [0.4, 0.5) is 0 Å². The molecule has 110 valence electrons.